The Hall–Kier alpha value is -3.18. The van der Waals surface area contributed by atoms with E-state index in [2.05, 4.69) is 0 Å². The molecule has 3 saturated carbocycles. The van der Waals surface area contributed by atoms with Crippen LogP contribution in [0.3, 0.4) is 0 Å². The first-order valence-corrected chi connectivity index (χ1v) is 21.3. The fourth-order valence-electron chi connectivity index (χ4n) is 6.66. The van der Waals surface area contributed by atoms with Gasteiger partial charge in [-0.3, -0.25) is 19.2 Å². The SMILES string of the molecule is C.C.C.C.C.C.CCC(C)(C)C(=O)OCCC(=O)OC1(C)CCCC1.CCC(C)C(=O)OCC(=O)OC1(CC)CCCC1.CCC1(OC(=O)COC(=O)C(C)(C)CC)CCCC1. The zero-order valence-corrected chi connectivity index (χ0v) is 36.8. The van der Waals surface area contributed by atoms with Gasteiger partial charge < -0.3 is 28.4 Å². The summed E-state index contributed by atoms with van der Waals surface area (Å²) in [5.74, 6) is -2.21. The highest BCUT2D eigenvalue weighted by Gasteiger charge is 2.38. The maximum Gasteiger partial charge on any atom is 0.344 e. The first kappa shape index (κ1) is 70.5. The molecule has 0 aliphatic heterocycles. The molecular formula is C50H100O12. The third-order valence-electron chi connectivity index (χ3n) is 12.1. The summed E-state index contributed by atoms with van der Waals surface area (Å²) in [5, 5.41) is 0. The Labute approximate surface area is 381 Å². The summed E-state index contributed by atoms with van der Waals surface area (Å²) in [4.78, 5) is 70.1. The number of carbonyl (C=O) groups is 6. The van der Waals surface area contributed by atoms with Gasteiger partial charge in [-0.1, -0.05) is 86.1 Å². The molecule has 0 radical (unpaired) electrons. The highest BCUT2D eigenvalue weighted by molar-refractivity contribution is 5.80. The topological polar surface area (TPSA) is 158 Å². The van der Waals surface area contributed by atoms with E-state index in [1.54, 1.807) is 6.92 Å². The largest absolute Gasteiger partial charge is 0.465 e. The van der Waals surface area contributed by atoms with E-state index in [1.807, 2.05) is 69.2 Å². The third-order valence-corrected chi connectivity index (χ3v) is 12.1. The summed E-state index contributed by atoms with van der Waals surface area (Å²) in [6.45, 7) is 20.5. The minimum Gasteiger partial charge on any atom is -0.465 e. The molecule has 0 aromatic heterocycles. The van der Waals surface area contributed by atoms with Gasteiger partial charge in [-0.2, -0.15) is 0 Å². The number of carbonyl (C=O) groups excluding carboxylic acids is 6. The van der Waals surface area contributed by atoms with E-state index in [1.165, 1.54) is 0 Å². The van der Waals surface area contributed by atoms with Crippen LogP contribution in [0.1, 0.15) is 236 Å². The third kappa shape index (κ3) is 24.6. The van der Waals surface area contributed by atoms with Crippen LogP contribution < -0.4 is 0 Å². The smallest absolute Gasteiger partial charge is 0.344 e. The molecule has 0 N–H and O–H groups in total. The molecule has 372 valence electrons. The lowest BCUT2D eigenvalue weighted by Gasteiger charge is -2.28. The first-order chi connectivity index (χ1) is 26.2. The summed E-state index contributed by atoms with van der Waals surface area (Å²) in [7, 11) is 0. The molecule has 12 heteroatoms. The van der Waals surface area contributed by atoms with Crippen LogP contribution in [0.5, 0.6) is 0 Å². The number of esters is 6. The van der Waals surface area contributed by atoms with E-state index in [4.69, 9.17) is 28.4 Å². The quantitative estimate of drug-likeness (QED) is 0.0948. The van der Waals surface area contributed by atoms with Crippen LogP contribution in [-0.4, -0.2) is 72.4 Å². The van der Waals surface area contributed by atoms with E-state index in [0.29, 0.717) is 19.3 Å². The summed E-state index contributed by atoms with van der Waals surface area (Å²) >= 11 is 0. The van der Waals surface area contributed by atoms with Crippen LogP contribution >= 0.6 is 0 Å². The second kappa shape index (κ2) is 33.3. The van der Waals surface area contributed by atoms with Gasteiger partial charge in [0.05, 0.1) is 23.2 Å². The fraction of sp³-hybridized carbons (Fsp3) is 0.880. The number of ether oxygens (including phenoxy) is 6. The monoisotopic (exact) mass is 893 g/mol. The predicted molar refractivity (Wildman–Crippen MR) is 254 cm³/mol. The Bertz CT molecular complexity index is 1250. The van der Waals surface area contributed by atoms with Crippen molar-refractivity contribution in [3.05, 3.63) is 0 Å². The molecule has 1 unspecified atom stereocenters. The fourth-order valence-corrected chi connectivity index (χ4v) is 6.66. The average Bonchev–Trinajstić information content (AvgIpc) is 3.95. The molecule has 1 atom stereocenters. The molecule has 3 aliphatic rings. The maximum atomic E-state index is 11.8. The van der Waals surface area contributed by atoms with E-state index in [0.717, 1.165) is 89.9 Å². The zero-order valence-electron chi connectivity index (χ0n) is 36.8. The van der Waals surface area contributed by atoms with Crippen LogP contribution in [0.25, 0.3) is 0 Å². The van der Waals surface area contributed by atoms with Crippen molar-refractivity contribution in [1.29, 1.82) is 0 Å². The van der Waals surface area contributed by atoms with Crippen molar-refractivity contribution in [3.8, 4) is 0 Å². The maximum absolute atomic E-state index is 11.8. The molecule has 62 heavy (non-hydrogen) atoms. The van der Waals surface area contributed by atoms with Gasteiger partial charge in [-0.15, -0.1) is 0 Å². The Balaban J connectivity index is -0.000000181. The zero-order chi connectivity index (χ0) is 42.6. The second-order valence-corrected chi connectivity index (χ2v) is 17.4. The molecule has 0 aromatic rings. The Morgan fingerprint density at radius 3 is 1.23 bits per heavy atom. The lowest BCUT2D eigenvalue weighted by atomic mass is 9.91. The van der Waals surface area contributed by atoms with Gasteiger partial charge in [-0.05, 0) is 144 Å². The van der Waals surface area contributed by atoms with E-state index in [9.17, 15) is 28.8 Å². The van der Waals surface area contributed by atoms with Crippen molar-refractivity contribution in [3.63, 3.8) is 0 Å². The number of rotatable bonds is 18. The number of hydrogen-bond donors (Lipinski definition) is 0. The van der Waals surface area contributed by atoms with E-state index < -0.39 is 22.8 Å². The van der Waals surface area contributed by atoms with Crippen molar-refractivity contribution < 1.29 is 57.2 Å². The molecule has 0 aromatic carbocycles. The summed E-state index contributed by atoms with van der Waals surface area (Å²) in [5.41, 5.74) is -1.95. The van der Waals surface area contributed by atoms with Gasteiger partial charge in [0.1, 0.15) is 23.4 Å². The van der Waals surface area contributed by atoms with Gasteiger partial charge in [-0.25, -0.2) is 9.59 Å². The molecule has 3 rings (SSSR count). The molecule has 3 aliphatic carbocycles. The molecule has 0 amide bonds. The molecule has 12 nitrogen and oxygen atoms in total. The standard InChI is InChI=1S/2C15H26O4.C14H24O4.6CH4/c1-5-14(2,3)13(17)18-11-8-12(16)19-15(4)9-6-7-10-15;1-5-14(3,4)13(17)18-11-12(16)19-15(6-2)9-7-8-10-15;1-4-11(3)13(16)17-10-12(15)18-14(5-2)8-6-7-9-14;;;;;;/h2*5-11H2,1-4H3;11H,4-10H2,1-3H3;6*1H4. The van der Waals surface area contributed by atoms with Crippen molar-refractivity contribution in [1.82, 2.24) is 0 Å². The molecule has 0 bridgehead atoms. The summed E-state index contributed by atoms with van der Waals surface area (Å²) in [6, 6.07) is 0. The minimum atomic E-state index is -0.546. The molecule has 0 saturated heterocycles. The van der Waals surface area contributed by atoms with Crippen LogP contribution in [0.15, 0.2) is 0 Å². The number of hydrogen-bond acceptors (Lipinski definition) is 12. The lowest BCUT2D eigenvalue weighted by Crippen LogP contribution is -2.34. The van der Waals surface area contributed by atoms with Crippen molar-refractivity contribution in [2.75, 3.05) is 19.8 Å². The van der Waals surface area contributed by atoms with E-state index in [-0.39, 0.29) is 117 Å². The molecule has 0 heterocycles. The van der Waals surface area contributed by atoms with Crippen molar-refractivity contribution in [2.45, 2.75) is 253 Å². The molecule has 3 fully saturated rings. The first-order valence-electron chi connectivity index (χ1n) is 21.3. The van der Waals surface area contributed by atoms with Crippen molar-refractivity contribution in [2.24, 2.45) is 16.7 Å². The normalized spacial score (nSPS) is 16.7. The second-order valence-electron chi connectivity index (χ2n) is 17.4. The predicted octanol–water partition coefficient (Wildman–Crippen LogP) is 13.1. The van der Waals surface area contributed by atoms with Crippen LogP contribution in [0.2, 0.25) is 0 Å². The van der Waals surface area contributed by atoms with Crippen LogP contribution in [0.4, 0.5) is 0 Å². The van der Waals surface area contributed by atoms with Gasteiger partial charge in [0.15, 0.2) is 13.2 Å². The molecule has 0 spiro atoms. The Kier molecular flexibility index (Phi) is 37.9. The highest BCUT2D eigenvalue weighted by Crippen LogP contribution is 2.37. The van der Waals surface area contributed by atoms with Gasteiger partial charge in [0.2, 0.25) is 0 Å². The summed E-state index contributed by atoms with van der Waals surface area (Å²) in [6.07, 6.45) is 16.1. The lowest BCUT2D eigenvalue weighted by molar-refractivity contribution is -0.173. The Morgan fingerprint density at radius 2 is 0.871 bits per heavy atom. The van der Waals surface area contributed by atoms with Gasteiger partial charge in [0.25, 0.3) is 0 Å². The van der Waals surface area contributed by atoms with Crippen molar-refractivity contribution >= 4 is 35.8 Å². The molecular weight excluding hydrogens is 793 g/mol. The van der Waals surface area contributed by atoms with Crippen LogP contribution in [-0.2, 0) is 57.2 Å². The highest BCUT2D eigenvalue weighted by atomic mass is 16.6. The Morgan fingerprint density at radius 1 is 0.516 bits per heavy atom. The van der Waals surface area contributed by atoms with E-state index >= 15 is 0 Å². The summed E-state index contributed by atoms with van der Waals surface area (Å²) < 4.78 is 31.6. The van der Waals surface area contributed by atoms with Crippen LogP contribution in [0, 0.1) is 16.7 Å². The average molecular weight is 893 g/mol. The minimum absolute atomic E-state index is 0. The van der Waals surface area contributed by atoms with Gasteiger partial charge in [0, 0.05) is 0 Å². The van der Waals surface area contributed by atoms with Gasteiger partial charge >= 0.3 is 35.8 Å².